The number of furan rings is 1. The second-order valence-corrected chi connectivity index (χ2v) is 7.24. The Hall–Kier alpha value is -3.64. The third-order valence-electron chi connectivity index (χ3n) is 5.03. The monoisotopic (exact) mass is 401 g/mol. The van der Waals surface area contributed by atoms with E-state index in [9.17, 15) is 9.59 Å². The summed E-state index contributed by atoms with van der Waals surface area (Å²) in [5.74, 6) is 0.698. The summed E-state index contributed by atoms with van der Waals surface area (Å²) in [5, 5.41) is 4.35. The molecule has 2 heterocycles. The lowest BCUT2D eigenvalue weighted by molar-refractivity contribution is -0.133. The smallest absolute Gasteiger partial charge is 0.248 e. The minimum absolute atomic E-state index is 0.0391. The molecule has 0 saturated carbocycles. The molecule has 0 radical (unpaired) electrons. The predicted octanol–water partition coefficient (Wildman–Crippen LogP) is 3.61. The lowest BCUT2D eigenvalue weighted by atomic mass is 10.0. The second-order valence-electron chi connectivity index (χ2n) is 7.24. The fourth-order valence-electron chi connectivity index (χ4n) is 3.46. The number of carbonyl (C=O) groups is 1. The van der Waals surface area contributed by atoms with Crippen molar-refractivity contribution >= 4 is 16.8 Å². The van der Waals surface area contributed by atoms with Crippen LogP contribution in [0.5, 0.6) is 0 Å². The van der Waals surface area contributed by atoms with Crippen molar-refractivity contribution in [2.45, 2.75) is 19.1 Å². The zero-order chi connectivity index (χ0) is 20.9. The van der Waals surface area contributed by atoms with E-state index in [1.165, 1.54) is 6.07 Å². The van der Waals surface area contributed by atoms with Gasteiger partial charge in [-0.3, -0.25) is 14.9 Å². The van der Waals surface area contributed by atoms with E-state index < -0.39 is 6.04 Å². The van der Waals surface area contributed by atoms with Crippen LogP contribution in [0.25, 0.3) is 10.9 Å². The van der Waals surface area contributed by atoms with Gasteiger partial charge in [-0.2, -0.15) is 0 Å². The highest BCUT2D eigenvalue weighted by atomic mass is 16.3. The maximum absolute atomic E-state index is 13.2. The molecule has 0 aliphatic carbocycles. The van der Waals surface area contributed by atoms with Gasteiger partial charge in [-0.1, -0.05) is 36.4 Å². The summed E-state index contributed by atoms with van der Waals surface area (Å²) in [6.45, 7) is 0.912. The zero-order valence-electron chi connectivity index (χ0n) is 16.7. The van der Waals surface area contributed by atoms with E-state index in [-0.39, 0.29) is 11.5 Å². The zero-order valence-corrected chi connectivity index (χ0v) is 16.7. The molecule has 0 spiro atoms. The fourth-order valence-corrected chi connectivity index (χ4v) is 3.46. The van der Waals surface area contributed by atoms with Gasteiger partial charge in [0, 0.05) is 25.2 Å². The molecule has 152 valence electrons. The molecular weight excluding hydrogens is 378 g/mol. The molecule has 0 aliphatic heterocycles. The van der Waals surface area contributed by atoms with Crippen LogP contribution in [0.2, 0.25) is 0 Å². The molecule has 4 rings (SSSR count). The maximum atomic E-state index is 13.2. The number of likely N-dealkylation sites (N-methyl/N-ethyl adjacent to an activating group) is 1. The van der Waals surface area contributed by atoms with Crippen LogP contribution in [0.3, 0.4) is 0 Å². The summed E-state index contributed by atoms with van der Waals surface area (Å²) in [6.07, 6.45) is 1.60. The molecule has 2 aromatic heterocycles. The number of nitrogens with zero attached hydrogens (tertiary/aromatic N) is 1. The lowest BCUT2D eigenvalue weighted by Crippen LogP contribution is -2.38. The number of hydrogen-bond acceptors (Lipinski definition) is 4. The van der Waals surface area contributed by atoms with Crippen molar-refractivity contribution in [3.63, 3.8) is 0 Å². The highest BCUT2D eigenvalue weighted by molar-refractivity contribution is 5.83. The van der Waals surface area contributed by atoms with Crippen molar-refractivity contribution in [3.05, 3.63) is 106 Å². The van der Waals surface area contributed by atoms with Gasteiger partial charge in [-0.15, -0.1) is 0 Å². The maximum Gasteiger partial charge on any atom is 0.248 e. The van der Waals surface area contributed by atoms with Crippen LogP contribution in [0.15, 0.2) is 88.3 Å². The highest BCUT2D eigenvalue weighted by Crippen LogP contribution is 2.19. The number of benzene rings is 2. The van der Waals surface area contributed by atoms with Gasteiger partial charge in [0.1, 0.15) is 11.8 Å². The Morgan fingerprint density at radius 1 is 1.07 bits per heavy atom. The van der Waals surface area contributed by atoms with E-state index in [4.69, 9.17) is 4.42 Å². The molecule has 0 aliphatic rings. The van der Waals surface area contributed by atoms with Crippen LogP contribution in [-0.2, 0) is 17.9 Å². The summed E-state index contributed by atoms with van der Waals surface area (Å²) in [7, 11) is 1.77. The van der Waals surface area contributed by atoms with Gasteiger partial charge in [0.2, 0.25) is 11.5 Å². The van der Waals surface area contributed by atoms with Crippen molar-refractivity contribution < 1.29 is 9.21 Å². The Bertz CT molecular complexity index is 1180. The largest absolute Gasteiger partial charge is 0.467 e. The van der Waals surface area contributed by atoms with Gasteiger partial charge in [0.25, 0.3) is 0 Å². The van der Waals surface area contributed by atoms with E-state index in [1.807, 2.05) is 60.7 Å². The van der Waals surface area contributed by atoms with Gasteiger partial charge < -0.3 is 14.3 Å². The van der Waals surface area contributed by atoms with Gasteiger partial charge in [0.15, 0.2) is 0 Å². The van der Waals surface area contributed by atoms with Crippen molar-refractivity contribution in [2.75, 3.05) is 7.05 Å². The van der Waals surface area contributed by atoms with Crippen LogP contribution in [0.4, 0.5) is 0 Å². The molecule has 2 N–H and O–H groups in total. The third kappa shape index (κ3) is 4.50. The molecule has 2 aromatic carbocycles. The van der Waals surface area contributed by atoms with E-state index in [1.54, 1.807) is 24.3 Å². The molecule has 0 bridgehead atoms. The summed E-state index contributed by atoms with van der Waals surface area (Å²) < 4.78 is 5.38. The Morgan fingerprint density at radius 2 is 1.90 bits per heavy atom. The number of carbonyl (C=O) groups excluding carboxylic acids is 1. The molecule has 1 amide bonds. The lowest BCUT2D eigenvalue weighted by Gasteiger charge is -2.24. The van der Waals surface area contributed by atoms with Crippen molar-refractivity contribution in [3.8, 4) is 0 Å². The summed E-state index contributed by atoms with van der Waals surface area (Å²) in [5.41, 5.74) is 2.60. The van der Waals surface area contributed by atoms with Crippen molar-refractivity contribution in [1.29, 1.82) is 0 Å². The molecule has 0 saturated heterocycles. The minimum atomic E-state index is -0.488. The first-order valence-corrected chi connectivity index (χ1v) is 9.78. The predicted molar refractivity (Wildman–Crippen MR) is 116 cm³/mol. The number of fused-ring (bicyclic) bond motifs is 1. The number of H-pyrrole nitrogens is 1. The number of rotatable bonds is 7. The fraction of sp³-hybridized carbons (Fsp3) is 0.167. The minimum Gasteiger partial charge on any atom is -0.467 e. The Morgan fingerprint density at radius 3 is 2.67 bits per heavy atom. The average molecular weight is 401 g/mol. The van der Waals surface area contributed by atoms with Crippen LogP contribution in [-0.4, -0.2) is 22.8 Å². The van der Waals surface area contributed by atoms with Gasteiger partial charge in [-0.25, -0.2) is 0 Å². The quantitative estimate of drug-likeness (QED) is 0.496. The first-order chi connectivity index (χ1) is 14.6. The number of amides is 1. The first-order valence-electron chi connectivity index (χ1n) is 9.78. The summed E-state index contributed by atoms with van der Waals surface area (Å²) in [6, 6.07) is 22.0. The molecule has 1 atom stereocenters. The first kappa shape index (κ1) is 19.7. The van der Waals surface area contributed by atoms with E-state index in [0.29, 0.717) is 13.1 Å². The summed E-state index contributed by atoms with van der Waals surface area (Å²) >= 11 is 0. The molecule has 0 fully saturated rings. The Labute approximate surface area is 174 Å². The van der Waals surface area contributed by atoms with Gasteiger partial charge in [-0.05, 0) is 46.8 Å². The van der Waals surface area contributed by atoms with Crippen LogP contribution in [0, 0.1) is 0 Å². The van der Waals surface area contributed by atoms with E-state index >= 15 is 0 Å². The SMILES string of the molecule is CN(Cc1ccco1)C(=O)[C@H](NCc1ccc2[nH]c(=O)ccc2c1)c1ccccc1. The molecule has 30 heavy (non-hydrogen) atoms. The number of nitrogens with one attached hydrogen (secondary N) is 2. The Kier molecular flexibility index (Phi) is 5.77. The van der Waals surface area contributed by atoms with Gasteiger partial charge >= 0.3 is 0 Å². The Balaban J connectivity index is 1.53. The van der Waals surface area contributed by atoms with E-state index in [0.717, 1.165) is 27.8 Å². The van der Waals surface area contributed by atoms with Crippen LogP contribution in [0.1, 0.15) is 22.9 Å². The van der Waals surface area contributed by atoms with Crippen LogP contribution < -0.4 is 10.9 Å². The van der Waals surface area contributed by atoms with Gasteiger partial charge in [0.05, 0.1) is 12.8 Å². The number of aromatic nitrogens is 1. The molecule has 4 aromatic rings. The number of aromatic amines is 1. The molecule has 0 unspecified atom stereocenters. The normalized spacial score (nSPS) is 12.0. The summed E-state index contributed by atoms with van der Waals surface area (Å²) in [4.78, 5) is 29.2. The van der Waals surface area contributed by atoms with Crippen molar-refractivity contribution in [2.24, 2.45) is 0 Å². The number of hydrogen-bond donors (Lipinski definition) is 2. The standard InChI is InChI=1S/C24H23N3O3/c1-27(16-20-8-5-13-30-20)24(29)23(18-6-3-2-4-7-18)25-15-17-9-11-21-19(14-17)10-12-22(28)26-21/h2-14,23,25H,15-16H2,1H3,(H,26,28)/t23-/m1/s1. The molecule has 6 nitrogen and oxygen atoms in total. The second kappa shape index (κ2) is 8.80. The third-order valence-corrected chi connectivity index (χ3v) is 5.03. The highest BCUT2D eigenvalue weighted by Gasteiger charge is 2.24. The van der Waals surface area contributed by atoms with E-state index in [2.05, 4.69) is 10.3 Å². The van der Waals surface area contributed by atoms with Crippen molar-refractivity contribution in [1.82, 2.24) is 15.2 Å². The molecular formula is C24H23N3O3. The topological polar surface area (TPSA) is 78.3 Å². The number of pyridine rings is 1. The molecule has 6 heteroatoms. The van der Waals surface area contributed by atoms with Crippen LogP contribution >= 0.6 is 0 Å². The average Bonchev–Trinajstić information content (AvgIpc) is 3.27.